The second-order valence-electron chi connectivity index (χ2n) is 8.50. The maximum absolute atomic E-state index is 12.8. The summed E-state index contributed by atoms with van der Waals surface area (Å²) in [7, 11) is 0. The quantitative estimate of drug-likeness (QED) is 0.583. The lowest BCUT2D eigenvalue weighted by atomic mass is 10.0. The molecule has 1 fully saturated rings. The van der Waals surface area contributed by atoms with Crippen molar-refractivity contribution in [2.75, 3.05) is 39.4 Å². The lowest BCUT2D eigenvalue weighted by Gasteiger charge is -2.27. The van der Waals surface area contributed by atoms with Crippen LogP contribution in [0.3, 0.4) is 0 Å². The first-order valence-electron chi connectivity index (χ1n) is 11.0. The third kappa shape index (κ3) is 4.36. The highest BCUT2D eigenvalue weighted by molar-refractivity contribution is 5.87. The molecule has 0 N–H and O–H groups in total. The maximum Gasteiger partial charge on any atom is 0.152 e. The summed E-state index contributed by atoms with van der Waals surface area (Å²) in [5.41, 5.74) is 4.74. The van der Waals surface area contributed by atoms with E-state index in [-0.39, 0.29) is 12.5 Å². The van der Waals surface area contributed by atoms with Gasteiger partial charge in [-0.15, -0.1) is 0 Å². The number of likely N-dealkylation sites (tertiary alicyclic amines) is 1. The summed E-state index contributed by atoms with van der Waals surface area (Å²) in [5.74, 6) is 0.186. The van der Waals surface area contributed by atoms with Crippen molar-refractivity contribution in [2.45, 2.75) is 32.4 Å². The number of Topliss-reactive ketones (excluding diaryl/α,β-unsaturated/α-hetero) is 1. The van der Waals surface area contributed by atoms with Crippen LogP contribution in [0.2, 0.25) is 0 Å². The van der Waals surface area contributed by atoms with Gasteiger partial charge in [-0.25, -0.2) is 4.39 Å². The number of halogens is 1. The van der Waals surface area contributed by atoms with E-state index >= 15 is 0 Å². The molecule has 4 heterocycles. The van der Waals surface area contributed by atoms with E-state index in [0.717, 1.165) is 53.9 Å². The number of alkyl halides is 1. The molecule has 2 aliphatic heterocycles. The van der Waals surface area contributed by atoms with Crippen LogP contribution >= 0.6 is 0 Å². The third-order valence-electron chi connectivity index (χ3n) is 6.27. The summed E-state index contributed by atoms with van der Waals surface area (Å²) < 4.78 is 14.8. The summed E-state index contributed by atoms with van der Waals surface area (Å²) >= 11 is 0. The van der Waals surface area contributed by atoms with E-state index in [4.69, 9.17) is 0 Å². The minimum atomic E-state index is -0.336. The van der Waals surface area contributed by atoms with E-state index in [2.05, 4.69) is 31.2 Å². The van der Waals surface area contributed by atoms with E-state index < -0.39 is 0 Å². The van der Waals surface area contributed by atoms with Gasteiger partial charge in [-0.05, 0) is 49.7 Å². The molecular weight excluding hydrogens is 395 g/mol. The molecule has 0 radical (unpaired) electrons. The van der Waals surface area contributed by atoms with Gasteiger partial charge in [0.2, 0.25) is 0 Å². The molecule has 162 valence electrons. The summed E-state index contributed by atoms with van der Waals surface area (Å²) in [5, 5.41) is 14.1. The highest BCUT2D eigenvalue weighted by Gasteiger charge is 2.21. The number of carbonyl (C=O) groups excluding carboxylic acids is 1. The van der Waals surface area contributed by atoms with Gasteiger partial charge < -0.3 is 0 Å². The largest absolute Gasteiger partial charge is 0.298 e. The number of aromatic nitrogens is 4. The molecule has 0 aliphatic carbocycles. The smallest absolute Gasteiger partial charge is 0.152 e. The number of fused-ring (bicyclic) bond motifs is 2. The Morgan fingerprint density at radius 3 is 2.74 bits per heavy atom. The second kappa shape index (κ2) is 8.80. The predicted octanol–water partition coefficient (Wildman–Crippen LogP) is 2.49. The summed E-state index contributed by atoms with van der Waals surface area (Å²) in [6.45, 7) is 4.93. The number of ketones is 1. The fraction of sp³-hybridized carbons (Fsp3) is 0.478. The lowest BCUT2D eigenvalue weighted by molar-refractivity contribution is -0.119. The Kier molecular flexibility index (Phi) is 5.74. The van der Waals surface area contributed by atoms with E-state index in [1.54, 1.807) is 0 Å². The van der Waals surface area contributed by atoms with E-state index in [9.17, 15) is 9.18 Å². The van der Waals surface area contributed by atoms with Gasteiger partial charge >= 0.3 is 0 Å². The zero-order chi connectivity index (χ0) is 21.2. The SMILES string of the molecule is O=C(Cc1cc2cc(-c3cnn4c3CN(CCF)CC4)ccc2nn1)CN1CCCC1. The molecule has 0 spiro atoms. The van der Waals surface area contributed by atoms with Gasteiger partial charge in [-0.3, -0.25) is 19.3 Å². The van der Waals surface area contributed by atoms with Gasteiger partial charge in [-0.2, -0.15) is 15.3 Å². The van der Waals surface area contributed by atoms with E-state index in [1.807, 2.05) is 29.1 Å². The summed E-state index contributed by atoms with van der Waals surface area (Å²) in [4.78, 5) is 16.8. The Balaban J connectivity index is 1.37. The van der Waals surface area contributed by atoms with E-state index in [1.165, 1.54) is 12.8 Å². The molecule has 2 aromatic heterocycles. The first-order chi connectivity index (χ1) is 15.2. The predicted molar refractivity (Wildman–Crippen MR) is 116 cm³/mol. The van der Waals surface area contributed by atoms with Crippen molar-refractivity contribution in [1.82, 2.24) is 29.8 Å². The molecule has 0 amide bonds. The topological polar surface area (TPSA) is 67.2 Å². The summed E-state index contributed by atoms with van der Waals surface area (Å²) in [6, 6.07) is 8.05. The standard InChI is InChI=1S/C23H27FN6O/c24-5-8-29-9-10-30-23(16-29)21(14-25-30)17-3-4-22-18(11-17)12-19(26-27-22)13-20(31)15-28-6-1-2-7-28/h3-4,11-12,14H,1-2,5-10,13,15-16H2. The minimum Gasteiger partial charge on any atom is -0.298 e. The van der Waals surface area contributed by atoms with Crippen LogP contribution in [-0.4, -0.2) is 75.0 Å². The fourth-order valence-electron chi connectivity index (χ4n) is 4.64. The van der Waals surface area contributed by atoms with Crippen molar-refractivity contribution in [3.8, 4) is 11.1 Å². The highest BCUT2D eigenvalue weighted by Crippen LogP contribution is 2.29. The Morgan fingerprint density at radius 1 is 1.03 bits per heavy atom. The zero-order valence-electron chi connectivity index (χ0n) is 17.6. The third-order valence-corrected chi connectivity index (χ3v) is 6.27. The number of benzene rings is 1. The van der Waals surface area contributed by atoms with Crippen molar-refractivity contribution in [1.29, 1.82) is 0 Å². The van der Waals surface area contributed by atoms with Gasteiger partial charge in [0, 0.05) is 30.6 Å². The molecule has 2 aliphatic rings. The first-order valence-corrected chi connectivity index (χ1v) is 11.0. The molecule has 0 atom stereocenters. The van der Waals surface area contributed by atoms with E-state index in [0.29, 0.717) is 31.7 Å². The van der Waals surface area contributed by atoms with Crippen LogP contribution < -0.4 is 0 Å². The van der Waals surface area contributed by atoms with Gasteiger partial charge in [0.05, 0.1) is 42.6 Å². The monoisotopic (exact) mass is 422 g/mol. The molecular formula is C23H27FN6O. The minimum absolute atomic E-state index is 0.186. The van der Waals surface area contributed by atoms with Gasteiger partial charge in [0.25, 0.3) is 0 Å². The number of carbonyl (C=O) groups is 1. The van der Waals surface area contributed by atoms with Crippen molar-refractivity contribution in [3.63, 3.8) is 0 Å². The molecule has 1 saturated heterocycles. The van der Waals surface area contributed by atoms with Crippen molar-refractivity contribution in [2.24, 2.45) is 0 Å². The number of hydrogen-bond acceptors (Lipinski definition) is 6. The molecule has 3 aromatic rings. The van der Waals surface area contributed by atoms with Crippen LogP contribution in [-0.2, 0) is 24.3 Å². The summed E-state index contributed by atoms with van der Waals surface area (Å²) in [6.07, 6.45) is 4.56. The number of hydrogen-bond donors (Lipinski definition) is 0. The van der Waals surface area contributed by atoms with Crippen LogP contribution in [0.25, 0.3) is 22.0 Å². The Bertz CT molecular complexity index is 1090. The molecule has 0 saturated carbocycles. The molecule has 7 nitrogen and oxygen atoms in total. The highest BCUT2D eigenvalue weighted by atomic mass is 19.1. The van der Waals surface area contributed by atoms with Crippen LogP contribution in [0.15, 0.2) is 30.5 Å². The molecule has 8 heteroatoms. The Morgan fingerprint density at radius 2 is 1.90 bits per heavy atom. The van der Waals surface area contributed by atoms with Crippen LogP contribution in [0.4, 0.5) is 4.39 Å². The molecule has 0 bridgehead atoms. The Labute approximate surface area is 180 Å². The van der Waals surface area contributed by atoms with Gasteiger partial charge in [0.15, 0.2) is 5.78 Å². The van der Waals surface area contributed by atoms with Crippen molar-refractivity contribution < 1.29 is 9.18 Å². The van der Waals surface area contributed by atoms with Crippen molar-refractivity contribution in [3.05, 3.63) is 41.9 Å². The van der Waals surface area contributed by atoms with Crippen LogP contribution in [0.5, 0.6) is 0 Å². The maximum atomic E-state index is 12.8. The van der Waals surface area contributed by atoms with Crippen molar-refractivity contribution >= 4 is 16.7 Å². The molecule has 1 aromatic carbocycles. The van der Waals surface area contributed by atoms with Gasteiger partial charge in [0.1, 0.15) is 6.67 Å². The lowest BCUT2D eigenvalue weighted by Crippen LogP contribution is -2.35. The molecule has 31 heavy (non-hydrogen) atoms. The zero-order valence-corrected chi connectivity index (χ0v) is 17.6. The molecule has 5 rings (SSSR count). The normalized spacial score (nSPS) is 17.3. The second-order valence-corrected chi connectivity index (χ2v) is 8.50. The number of rotatable bonds is 7. The number of nitrogens with zero attached hydrogens (tertiary/aromatic N) is 6. The van der Waals surface area contributed by atoms with Gasteiger partial charge in [-0.1, -0.05) is 6.07 Å². The molecule has 0 unspecified atom stereocenters. The van der Waals surface area contributed by atoms with Crippen LogP contribution in [0.1, 0.15) is 24.2 Å². The fourth-order valence-corrected chi connectivity index (χ4v) is 4.64. The Hall–Kier alpha value is -2.71. The average molecular weight is 423 g/mol. The average Bonchev–Trinajstić information content (AvgIpc) is 3.43. The van der Waals surface area contributed by atoms with Crippen LogP contribution in [0, 0.1) is 0 Å². The first kappa shape index (κ1) is 20.2.